The molecule has 122 valence electrons. The summed E-state index contributed by atoms with van der Waals surface area (Å²) in [7, 11) is 0. The zero-order valence-electron chi connectivity index (χ0n) is 12.3. The van der Waals surface area contributed by atoms with E-state index in [0.717, 1.165) is 0 Å². The molecule has 1 aromatic heterocycles. The minimum atomic E-state index is -0.432. The van der Waals surface area contributed by atoms with Crippen LogP contribution in [0.2, 0.25) is 5.02 Å². The van der Waals surface area contributed by atoms with E-state index in [0.29, 0.717) is 16.3 Å². The number of halogens is 2. The number of amides is 2. The van der Waals surface area contributed by atoms with Crippen molar-refractivity contribution in [3.63, 3.8) is 0 Å². The molecule has 0 unspecified atom stereocenters. The van der Waals surface area contributed by atoms with Gasteiger partial charge >= 0.3 is 6.03 Å². The van der Waals surface area contributed by atoms with E-state index in [9.17, 15) is 9.18 Å². The second kappa shape index (κ2) is 7.10. The zero-order valence-corrected chi connectivity index (χ0v) is 13.0. The highest BCUT2D eigenvalue weighted by Crippen LogP contribution is 2.18. The van der Waals surface area contributed by atoms with E-state index in [1.165, 1.54) is 24.3 Å². The van der Waals surface area contributed by atoms with Crippen LogP contribution in [-0.4, -0.2) is 16.2 Å². The predicted molar refractivity (Wildman–Crippen MR) is 87.0 cm³/mol. The van der Waals surface area contributed by atoms with Gasteiger partial charge in [-0.2, -0.15) is 0 Å². The topological polar surface area (TPSA) is 80.1 Å². The first kappa shape index (κ1) is 15.9. The van der Waals surface area contributed by atoms with Gasteiger partial charge in [0, 0.05) is 16.3 Å². The number of hydrogen-bond acceptors (Lipinski definition) is 4. The van der Waals surface area contributed by atoms with Gasteiger partial charge in [-0.3, -0.25) is 0 Å². The summed E-state index contributed by atoms with van der Waals surface area (Å²) >= 11 is 5.84. The number of aromatic nitrogens is 2. The van der Waals surface area contributed by atoms with E-state index in [-0.39, 0.29) is 24.1 Å². The van der Waals surface area contributed by atoms with Crippen LogP contribution in [-0.2, 0) is 6.54 Å². The standard InChI is InChI=1S/C16H12ClFN4O2/c17-11-2-1-3-13(8-11)20-16(23)19-9-14-21-22-15(24-14)10-4-6-12(18)7-5-10/h1-8H,9H2,(H2,19,20,23). The molecule has 0 atom stereocenters. The highest BCUT2D eigenvalue weighted by atomic mass is 35.5. The molecule has 8 heteroatoms. The highest BCUT2D eigenvalue weighted by Gasteiger charge is 2.10. The number of nitrogens with one attached hydrogen (secondary N) is 2. The number of carbonyl (C=O) groups is 1. The maximum atomic E-state index is 12.9. The molecule has 2 amide bonds. The fourth-order valence-electron chi connectivity index (χ4n) is 1.93. The maximum Gasteiger partial charge on any atom is 0.319 e. The van der Waals surface area contributed by atoms with Crippen LogP contribution in [0.5, 0.6) is 0 Å². The first-order chi connectivity index (χ1) is 11.6. The lowest BCUT2D eigenvalue weighted by Crippen LogP contribution is -2.28. The van der Waals surface area contributed by atoms with Crippen LogP contribution in [0.15, 0.2) is 52.9 Å². The Morgan fingerprint density at radius 2 is 1.96 bits per heavy atom. The average Bonchev–Trinajstić information content (AvgIpc) is 3.03. The Hall–Kier alpha value is -2.93. The molecule has 1 heterocycles. The van der Waals surface area contributed by atoms with E-state index in [1.54, 1.807) is 24.3 Å². The van der Waals surface area contributed by atoms with Crippen LogP contribution < -0.4 is 10.6 Å². The van der Waals surface area contributed by atoms with Gasteiger partial charge in [-0.1, -0.05) is 17.7 Å². The van der Waals surface area contributed by atoms with Crippen LogP contribution >= 0.6 is 11.6 Å². The van der Waals surface area contributed by atoms with Crippen molar-refractivity contribution in [3.05, 3.63) is 65.3 Å². The van der Waals surface area contributed by atoms with Crippen molar-refractivity contribution in [2.24, 2.45) is 0 Å². The molecule has 0 spiro atoms. The molecule has 2 aromatic carbocycles. The van der Waals surface area contributed by atoms with Crippen molar-refractivity contribution in [1.82, 2.24) is 15.5 Å². The number of benzene rings is 2. The normalized spacial score (nSPS) is 10.4. The number of anilines is 1. The van der Waals surface area contributed by atoms with Crippen molar-refractivity contribution in [3.8, 4) is 11.5 Å². The van der Waals surface area contributed by atoms with Crippen LogP contribution in [0.25, 0.3) is 11.5 Å². The summed E-state index contributed by atoms with van der Waals surface area (Å²) < 4.78 is 18.3. The highest BCUT2D eigenvalue weighted by molar-refractivity contribution is 6.30. The third kappa shape index (κ3) is 4.08. The predicted octanol–water partition coefficient (Wildman–Crippen LogP) is 3.85. The fraction of sp³-hybridized carbons (Fsp3) is 0.0625. The van der Waals surface area contributed by atoms with Crippen molar-refractivity contribution in [2.75, 3.05) is 5.32 Å². The average molecular weight is 347 g/mol. The Morgan fingerprint density at radius 3 is 2.71 bits per heavy atom. The van der Waals surface area contributed by atoms with Gasteiger partial charge < -0.3 is 15.1 Å². The quantitative estimate of drug-likeness (QED) is 0.752. The summed E-state index contributed by atoms with van der Waals surface area (Å²) in [6.45, 7) is 0.0561. The summed E-state index contributed by atoms with van der Waals surface area (Å²) in [5, 5.41) is 13.4. The Balaban J connectivity index is 1.57. The molecule has 0 fully saturated rings. The molecule has 0 aliphatic rings. The SMILES string of the molecule is O=C(NCc1nnc(-c2ccc(F)cc2)o1)Nc1cccc(Cl)c1. The molecular formula is C16H12ClFN4O2. The number of rotatable bonds is 4. The van der Waals surface area contributed by atoms with Crippen LogP contribution in [0, 0.1) is 5.82 Å². The molecule has 3 rings (SSSR count). The summed E-state index contributed by atoms with van der Waals surface area (Å²) in [6, 6.07) is 12.0. The van der Waals surface area contributed by atoms with E-state index < -0.39 is 6.03 Å². The molecule has 0 aliphatic carbocycles. The molecule has 3 aromatic rings. The van der Waals surface area contributed by atoms with Crippen LogP contribution in [0.3, 0.4) is 0 Å². The second-order valence-corrected chi connectivity index (χ2v) is 5.26. The van der Waals surface area contributed by atoms with E-state index >= 15 is 0 Å². The van der Waals surface area contributed by atoms with Gasteiger partial charge in [-0.05, 0) is 42.5 Å². The van der Waals surface area contributed by atoms with Crippen molar-refractivity contribution >= 4 is 23.3 Å². The van der Waals surface area contributed by atoms with Crippen molar-refractivity contribution in [2.45, 2.75) is 6.54 Å². The van der Waals surface area contributed by atoms with Gasteiger partial charge in [0.25, 0.3) is 0 Å². The lowest BCUT2D eigenvalue weighted by Gasteiger charge is -2.05. The Morgan fingerprint density at radius 1 is 1.17 bits per heavy atom. The smallest absolute Gasteiger partial charge is 0.319 e. The minimum Gasteiger partial charge on any atom is -0.419 e. The first-order valence-corrected chi connectivity index (χ1v) is 7.37. The van der Waals surface area contributed by atoms with Crippen LogP contribution in [0.4, 0.5) is 14.9 Å². The van der Waals surface area contributed by atoms with Gasteiger partial charge in [0.1, 0.15) is 5.82 Å². The van der Waals surface area contributed by atoms with Gasteiger partial charge in [-0.25, -0.2) is 9.18 Å². The molecule has 0 saturated carbocycles. The Labute approximate surface area is 141 Å². The third-order valence-corrected chi connectivity index (χ3v) is 3.28. The molecular weight excluding hydrogens is 335 g/mol. The second-order valence-electron chi connectivity index (χ2n) is 4.83. The monoisotopic (exact) mass is 346 g/mol. The number of nitrogens with zero attached hydrogens (tertiary/aromatic N) is 2. The molecule has 0 saturated heterocycles. The molecule has 0 radical (unpaired) electrons. The summed E-state index contributed by atoms with van der Waals surface area (Å²) in [4.78, 5) is 11.8. The molecule has 0 bridgehead atoms. The summed E-state index contributed by atoms with van der Waals surface area (Å²) in [5.74, 6) is 0.135. The lowest BCUT2D eigenvalue weighted by atomic mass is 10.2. The molecule has 2 N–H and O–H groups in total. The lowest BCUT2D eigenvalue weighted by molar-refractivity contribution is 0.250. The van der Waals surface area contributed by atoms with E-state index in [1.807, 2.05) is 0 Å². The van der Waals surface area contributed by atoms with E-state index in [4.69, 9.17) is 16.0 Å². The summed E-state index contributed by atoms with van der Waals surface area (Å²) in [6.07, 6.45) is 0. The van der Waals surface area contributed by atoms with Crippen molar-refractivity contribution < 1.29 is 13.6 Å². The van der Waals surface area contributed by atoms with E-state index in [2.05, 4.69) is 20.8 Å². The number of urea groups is 1. The van der Waals surface area contributed by atoms with Crippen molar-refractivity contribution in [1.29, 1.82) is 0 Å². The van der Waals surface area contributed by atoms with Crippen LogP contribution in [0.1, 0.15) is 5.89 Å². The zero-order chi connectivity index (χ0) is 16.9. The third-order valence-electron chi connectivity index (χ3n) is 3.04. The number of hydrogen-bond donors (Lipinski definition) is 2. The van der Waals surface area contributed by atoms with Gasteiger partial charge in [0.15, 0.2) is 0 Å². The molecule has 6 nitrogen and oxygen atoms in total. The van der Waals surface area contributed by atoms with Gasteiger partial charge in [0.05, 0.1) is 6.54 Å². The molecule has 24 heavy (non-hydrogen) atoms. The van der Waals surface area contributed by atoms with Gasteiger partial charge in [0.2, 0.25) is 11.8 Å². The Bertz CT molecular complexity index is 851. The maximum absolute atomic E-state index is 12.9. The fourth-order valence-corrected chi connectivity index (χ4v) is 2.12. The van der Waals surface area contributed by atoms with Gasteiger partial charge in [-0.15, -0.1) is 10.2 Å². The molecule has 0 aliphatic heterocycles. The largest absolute Gasteiger partial charge is 0.419 e. The summed E-state index contributed by atoms with van der Waals surface area (Å²) in [5.41, 5.74) is 1.16. The number of carbonyl (C=O) groups excluding carboxylic acids is 1. The Kier molecular flexibility index (Phi) is 4.72. The minimum absolute atomic E-state index is 0.0561. The first-order valence-electron chi connectivity index (χ1n) is 6.99.